The maximum Gasteiger partial charge on any atom is 0.258 e. The number of amides is 3. The smallest absolute Gasteiger partial charge is 0.258 e. The van der Waals surface area contributed by atoms with Gasteiger partial charge in [-0.25, -0.2) is 13.8 Å². The molecule has 320 valence electrons. The largest absolute Gasteiger partial charge is 0.368 e. The monoisotopic (exact) mass is 834 g/mol. The fourth-order valence-corrected chi connectivity index (χ4v) is 9.89. The number of piperidine rings is 3. The Kier molecular flexibility index (Phi) is 11.4. The van der Waals surface area contributed by atoms with Gasteiger partial charge in [0.25, 0.3) is 5.91 Å². The summed E-state index contributed by atoms with van der Waals surface area (Å²) in [5, 5.41) is 5.35. The highest BCUT2D eigenvalue weighted by molar-refractivity contribution is 6.05. The third kappa shape index (κ3) is 8.54. The molecule has 3 fully saturated rings. The first-order valence-corrected chi connectivity index (χ1v) is 21.8. The van der Waals surface area contributed by atoms with Gasteiger partial charge in [-0.05, 0) is 137 Å². The van der Waals surface area contributed by atoms with Crippen LogP contribution >= 0.6 is 0 Å². The van der Waals surface area contributed by atoms with E-state index >= 15 is 8.78 Å². The van der Waals surface area contributed by atoms with Crippen LogP contribution in [0.25, 0.3) is 22.4 Å². The molecule has 2 N–H and O–H groups in total. The van der Waals surface area contributed by atoms with E-state index in [2.05, 4.69) is 50.1 Å². The number of imide groups is 1. The molecular formula is C46H54F2N9O4+. The summed E-state index contributed by atoms with van der Waals surface area (Å²) in [7, 11) is 1.92. The van der Waals surface area contributed by atoms with Crippen LogP contribution in [0.1, 0.15) is 103 Å². The topological polar surface area (TPSA) is 130 Å². The molecule has 2 atom stereocenters. The van der Waals surface area contributed by atoms with Crippen LogP contribution in [-0.4, -0.2) is 85.7 Å². The van der Waals surface area contributed by atoms with E-state index in [0.717, 1.165) is 93.7 Å². The second kappa shape index (κ2) is 17.1. The number of carbonyl (C=O) groups excluding carboxylic acids is 3. The van der Waals surface area contributed by atoms with Gasteiger partial charge in [0, 0.05) is 53.3 Å². The van der Waals surface area contributed by atoms with E-state index < -0.39 is 29.4 Å². The lowest BCUT2D eigenvalue weighted by atomic mass is 9.84. The van der Waals surface area contributed by atoms with Crippen molar-refractivity contribution >= 4 is 34.7 Å². The molecule has 61 heavy (non-hydrogen) atoms. The van der Waals surface area contributed by atoms with Gasteiger partial charge in [0.2, 0.25) is 17.8 Å². The first kappa shape index (κ1) is 40.8. The summed E-state index contributed by atoms with van der Waals surface area (Å²) in [5.41, 5.74) is 6.10. The average Bonchev–Trinajstić information content (AvgIpc) is 3.77. The number of likely N-dealkylation sites (tertiary alicyclic amines) is 2. The standard InChI is InChI=1S/C46H53F2N9O4/c1-28-5-4-20-61-57-40(14-15-53(57)3)39-25-33(21-29(2)49-39)44(59)52-46-50-38-8-6-30(22-41(38)56(46)26-28)27-54-16-12-34(13-17-54)55-18-10-31(11-19-55)32-23-36(47)43(37(48)24-32)35-7-9-42(58)51-45(35)60/h6,8,14-15,21-25,28,31,34-35H,4-5,7,9-13,16-20,26-27H2,1-3H3,(H-,50,51,52,58,59,60)/p+1/t28-,35-/m1/s1. The van der Waals surface area contributed by atoms with Gasteiger partial charge >= 0.3 is 0 Å². The van der Waals surface area contributed by atoms with Crippen molar-refractivity contribution in [1.82, 2.24) is 34.5 Å². The zero-order chi connectivity index (χ0) is 42.4. The minimum absolute atomic E-state index is 0.0466. The summed E-state index contributed by atoms with van der Waals surface area (Å²) in [6.07, 6.45) is 7.62. The number of nitrogens with one attached hydrogen (secondary N) is 2. The van der Waals surface area contributed by atoms with E-state index in [-0.39, 0.29) is 30.2 Å². The molecule has 7 heterocycles. The summed E-state index contributed by atoms with van der Waals surface area (Å²) >= 11 is 0. The molecule has 2 aromatic carbocycles. The summed E-state index contributed by atoms with van der Waals surface area (Å²) in [5.74, 6) is -2.82. The third-order valence-electron chi connectivity index (χ3n) is 13.2. The number of fused-ring (bicyclic) bond motifs is 7. The van der Waals surface area contributed by atoms with E-state index in [1.807, 2.05) is 30.9 Å². The number of rotatable bonds is 5. The maximum atomic E-state index is 15.3. The summed E-state index contributed by atoms with van der Waals surface area (Å²) in [4.78, 5) is 60.5. The highest BCUT2D eigenvalue weighted by Gasteiger charge is 2.34. The molecule has 0 aliphatic carbocycles. The van der Waals surface area contributed by atoms with E-state index in [1.54, 1.807) is 17.0 Å². The molecule has 0 unspecified atom stereocenters. The molecule has 3 saturated heterocycles. The number of halogens is 2. The Hall–Kier alpha value is -5.54. The Labute approximate surface area is 354 Å². The van der Waals surface area contributed by atoms with E-state index in [9.17, 15) is 14.4 Å². The molecule has 15 heteroatoms. The Morgan fingerprint density at radius 1 is 0.885 bits per heavy atom. The number of carbonyl (C=O) groups is 3. The number of aryl methyl sites for hydroxylation is 2. The normalized spacial score (nSPS) is 21.6. The Bertz CT molecular complexity index is 2460. The minimum atomic E-state index is -0.989. The van der Waals surface area contributed by atoms with E-state index in [0.29, 0.717) is 47.9 Å². The molecule has 0 spiro atoms. The average molecular weight is 835 g/mol. The molecular weight excluding hydrogens is 781 g/mol. The third-order valence-corrected chi connectivity index (χ3v) is 13.2. The van der Waals surface area contributed by atoms with Crippen LogP contribution in [0.15, 0.2) is 54.7 Å². The van der Waals surface area contributed by atoms with Crippen molar-refractivity contribution in [3.05, 3.63) is 94.3 Å². The number of imidazole rings is 1. The number of anilines is 1. The molecule has 3 aromatic heterocycles. The fourth-order valence-electron chi connectivity index (χ4n) is 9.89. The predicted molar refractivity (Wildman–Crippen MR) is 224 cm³/mol. The Morgan fingerprint density at radius 2 is 1.66 bits per heavy atom. The summed E-state index contributed by atoms with van der Waals surface area (Å²) < 4.78 is 34.6. The van der Waals surface area contributed by atoms with Gasteiger partial charge in [0.05, 0.1) is 22.6 Å². The van der Waals surface area contributed by atoms with Crippen LogP contribution in [-0.2, 0) is 29.7 Å². The van der Waals surface area contributed by atoms with Gasteiger partial charge in [-0.15, -0.1) is 0 Å². The Morgan fingerprint density at radius 3 is 2.41 bits per heavy atom. The zero-order valence-corrected chi connectivity index (χ0v) is 35.1. The van der Waals surface area contributed by atoms with Crippen molar-refractivity contribution < 1.29 is 32.7 Å². The molecule has 0 radical (unpaired) electrons. The van der Waals surface area contributed by atoms with Gasteiger partial charge in [0.1, 0.15) is 18.2 Å². The van der Waals surface area contributed by atoms with Crippen molar-refractivity contribution in [2.45, 2.75) is 96.2 Å². The minimum Gasteiger partial charge on any atom is -0.368 e. The number of aromatic nitrogens is 5. The number of hydrogen-bond acceptors (Lipinski definition) is 8. The van der Waals surface area contributed by atoms with Gasteiger partial charge in [0.15, 0.2) is 18.9 Å². The van der Waals surface area contributed by atoms with Gasteiger partial charge in [-0.1, -0.05) is 17.7 Å². The van der Waals surface area contributed by atoms with E-state index in [4.69, 9.17) is 14.8 Å². The first-order chi connectivity index (χ1) is 29.5. The lowest BCUT2D eigenvalue weighted by Crippen LogP contribution is -2.47. The van der Waals surface area contributed by atoms with Crippen LogP contribution in [0.2, 0.25) is 0 Å². The fraction of sp³-hybridized carbons (Fsp3) is 0.478. The zero-order valence-electron chi connectivity index (χ0n) is 35.1. The van der Waals surface area contributed by atoms with Crippen LogP contribution in [0, 0.1) is 24.5 Å². The maximum absolute atomic E-state index is 15.3. The van der Waals surface area contributed by atoms with Crippen molar-refractivity contribution in [1.29, 1.82) is 0 Å². The van der Waals surface area contributed by atoms with Crippen LogP contribution in [0.3, 0.4) is 0 Å². The van der Waals surface area contributed by atoms with Gasteiger partial charge in [-0.2, -0.15) is 0 Å². The number of hydrogen-bond donors (Lipinski definition) is 2. The SMILES string of the molecule is Cc1cc2cc(n1)-c1cc[n+](C)n1OCCC[C@@H](C)Cn1c(nc3ccc(CN4CCC(N5CCC(c6cc(F)c([C@H]7CCC(=O)NC7=O)c(F)c6)CC5)CC4)cc31)NC2=O. The molecule has 2 bridgehead atoms. The first-order valence-electron chi connectivity index (χ1n) is 21.8. The highest BCUT2D eigenvalue weighted by Crippen LogP contribution is 2.36. The molecule has 3 amide bonds. The summed E-state index contributed by atoms with van der Waals surface area (Å²) in [6.45, 7) is 9.83. The number of benzene rings is 2. The summed E-state index contributed by atoms with van der Waals surface area (Å²) in [6, 6.07) is 15.2. The van der Waals surface area contributed by atoms with Crippen molar-refractivity contribution in [2.24, 2.45) is 13.0 Å². The quantitative estimate of drug-likeness (QED) is 0.168. The highest BCUT2D eigenvalue weighted by atomic mass is 19.1. The molecule has 4 aliphatic heterocycles. The van der Waals surface area contributed by atoms with Crippen LogP contribution in [0.4, 0.5) is 14.7 Å². The molecule has 4 aliphatic rings. The van der Waals surface area contributed by atoms with Crippen molar-refractivity contribution in [3.63, 3.8) is 0 Å². The van der Waals surface area contributed by atoms with Crippen molar-refractivity contribution in [2.75, 3.05) is 38.1 Å². The van der Waals surface area contributed by atoms with Crippen LogP contribution in [0.5, 0.6) is 0 Å². The second-order valence-electron chi connectivity index (χ2n) is 17.6. The molecule has 9 rings (SSSR count). The lowest BCUT2D eigenvalue weighted by molar-refractivity contribution is -0.777. The lowest BCUT2D eigenvalue weighted by Gasteiger charge is -2.42. The molecule has 0 saturated carbocycles. The van der Waals surface area contributed by atoms with Gasteiger partial charge < -0.3 is 14.3 Å². The van der Waals surface area contributed by atoms with E-state index in [1.165, 1.54) is 17.7 Å². The number of pyridine rings is 1. The number of nitrogens with zero attached hydrogens (tertiary/aromatic N) is 7. The van der Waals surface area contributed by atoms with Crippen molar-refractivity contribution in [3.8, 4) is 11.4 Å². The predicted octanol–water partition coefficient (Wildman–Crippen LogP) is 5.79. The molecule has 5 aromatic rings. The van der Waals surface area contributed by atoms with Crippen LogP contribution < -0.4 is 20.2 Å². The van der Waals surface area contributed by atoms with Gasteiger partial charge in [-0.3, -0.25) is 34.9 Å². The second-order valence-corrected chi connectivity index (χ2v) is 17.6. The molecule has 13 nitrogen and oxygen atoms in total. The Balaban J connectivity index is 0.841.